The van der Waals surface area contributed by atoms with E-state index in [1.807, 2.05) is 0 Å². The Morgan fingerprint density at radius 1 is 1.14 bits per heavy atom. The Kier molecular flexibility index (Phi) is 3.63. The third-order valence-electron chi connectivity index (χ3n) is 3.62. The zero-order valence-corrected chi connectivity index (χ0v) is 10.6. The summed E-state index contributed by atoms with van der Waals surface area (Å²) in [5, 5.41) is 0. The molecule has 0 aromatic rings. The monoisotopic (exact) mass is 304 g/mol. The van der Waals surface area contributed by atoms with Crippen molar-refractivity contribution in [1.82, 2.24) is 0 Å². The lowest BCUT2D eigenvalue weighted by Gasteiger charge is -2.23. The van der Waals surface area contributed by atoms with Gasteiger partial charge < -0.3 is 4.79 Å². The molecule has 1 fully saturated rings. The number of carbonyl (C=O) groups excluding carboxylic acids is 1. The molecule has 0 N–H and O–H groups in total. The van der Waals surface area contributed by atoms with Gasteiger partial charge in [-0.2, -0.15) is 0 Å². The van der Waals surface area contributed by atoms with Gasteiger partial charge in [-0.3, -0.25) is 0 Å². The second-order valence-corrected chi connectivity index (χ2v) is 5.65. The SMILES string of the molecule is O=CC1CCC(C2CCCCC2)=C1I. The van der Waals surface area contributed by atoms with Crippen LogP contribution in [0.25, 0.3) is 0 Å². The van der Waals surface area contributed by atoms with E-state index in [1.54, 1.807) is 5.57 Å². The molecule has 0 spiro atoms. The molecule has 0 aliphatic heterocycles. The fraction of sp³-hybridized carbons (Fsp3) is 0.750. The maximum absolute atomic E-state index is 10.8. The van der Waals surface area contributed by atoms with E-state index in [-0.39, 0.29) is 5.92 Å². The first-order valence-corrected chi connectivity index (χ1v) is 6.74. The van der Waals surface area contributed by atoms with Gasteiger partial charge >= 0.3 is 0 Å². The van der Waals surface area contributed by atoms with E-state index < -0.39 is 0 Å². The zero-order chi connectivity index (χ0) is 9.97. The highest BCUT2D eigenvalue weighted by Crippen LogP contribution is 2.43. The van der Waals surface area contributed by atoms with Crippen molar-refractivity contribution in [3.63, 3.8) is 0 Å². The second-order valence-electron chi connectivity index (χ2n) is 4.49. The van der Waals surface area contributed by atoms with Gasteiger partial charge in [0.05, 0.1) is 0 Å². The molecule has 14 heavy (non-hydrogen) atoms. The molecule has 0 saturated heterocycles. The van der Waals surface area contributed by atoms with E-state index in [2.05, 4.69) is 22.6 Å². The maximum Gasteiger partial charge on any atom is 0.127 e. The number of hydrogen-bond donors (Lipinski definition) is 0. The van der Waals surface area contributed by atoms with E-state index in [0.29, 0.717) is 0 Å². The topological polar surface area (TPSA) is 17.1 Å². The number of hydrogen-bond acceptors (Lipinski definition) is 1. The summed E-state index contributed by atoms with van der Waals surface area (Å²) in [4.78, 5) is 10.8. The van der Waals surface area contributed by atoms with E-state index in [1.165, 1.54) is 42.1 Å². The van der Waals surface area contributed by atoms with Gasteiger partial charge in [0.25, 0.3) is 0 Å². The third-order valence-corrected chi connectivity index (χ3v) is 5.11. The van der Waals surface area contributed by atoms with Crippen molar-refractivity contribution in [3.05, 3.63) is 9.15 Å². The minimum absolute atomic E-state index is 0.243. The van der Waals surface area contributed by atoms with Gasteiger partial charge in [-0.25, -0.2) is 0 Å². The average molecular weight is 304 g/mol. The zero-order valence-electron chi connectivity index (χ0n) is 8.47. The Bertz CT molecular complexity index is 251. The van der Waals surface area contributed by atoms with Crippen LogP contribution in [0.15, 0.2) is 9.15 Å². The van der Waals surface area contributed by atoms with Crippen LogP contribution in [0.1, 0.15) is 44.9 Å². The number of halogens is 1. The van der Waals surface area contributed by atoms with Crippen molar-refractivity contribution in [2.24, 2.45) is 11.8 Å². The maximum atomic E-state index is 10.8. The van der Waals surface area contributed by atoms with Crippen molar-refractivity contribution < 1.29 is 4.79 Å². The molecule has 0 bridgehead atoms. The second kappa shape index (κ2) is 4.77. The predicted octanol–water partition coefficient (Wildman–Crippen LogP) is 3.86. The van der Waals surface area contributed by atoms with Gasteiger partial charge in [-0.05, 0) is 54.2 Å². The molecule has 2 heteroatoms. The van der Waals surface area contributed by atoms with Crippen LogP contribution in [-0.4, -0.2) is 6.29 Å². The van der Waals surface area contributed by atoms with Gasteiger partial charge in [0.2, 0.25) is 0 Å². The van der Waals surface area contributed by atoms with Gasteiger partial charge in [0.1, 0.15) is 6.29 Å². The summed E-state index contributed by atoms with van der Waals surface area (Å²) in [6.07, 6.45) is 10.3. The average Bonchev–Trinajstić information content (AvgIpc) is 2.61. The number of carbonyl (C=O) groups is 1. The van der Waals surface area contributed by atoms with Gasteiger partial charge in [0.15, 0.2) is 0 Å². The minimum Gasteiger partial charge on any atom is -0.303 e. The largest absolute Gasteiger partial charge is 0.303 e. The van der Waals surface area contributed by atoms with Crippen LogP contribution < -0.4 is 0 Å². The van der Waals surface area contributed by atoms with Crippen LogP contribution in [-0.2, 0) is 4.79 Å². The standard InChI is InChI=1S/C12H17IO/c13-12-10(8-14)6-7-11(12)9-4-2-1-3-5-9/h8-10H,1-7H2. The Labute approximate surface area is 99.5 Å². The molecule has 1 atom stereocenters. The van der Waals surface area contributed by atoms with E-state index in [0.717, 1.165) is 18.6 Å². The summed E-state index contributed by atoms with van der Waals surface area (Å²) < 4.78 is 1.38. The molecular formula is C12H17IO. The van der Waals surface area contributed by atoms with Crippen LogP contribution >= 0.6 is 22.6 Å². The quantitative estimate of drug-likeness (QED) is 0.559. The molecule has 0 amide bonds. The first kappa shape index (κ1) is 10.7. The molecule has 0 aromatic carbocycles. The molecule has 1 unspecified atom stereocenters. The molecule has 2 aliphatic rings. The molecule has 1 saturated carbocycles. The molecular weight excluding hydrogens is 287 g/mol. The first-order chi connectivity index (χ1) is 6.83. The van der Waals surface area contributed by atoms with Crippen molar-refractivity contribution >= 4 is 28.9 Å². The van der Waals surface area contributed by atoms with Crippen molar-refractivity contribution in [2.45, 2.75) is 44.9 Å². The third kappa shape index (κ3) is 2.05. The van der Waals surface area contributed by atoms with Crippen LogP contribution in [0.3, 0.4) is 0 Å². The lowest BCUT2D eigenvalue weighted by Crippen LogP contribution is -2.08. The van der Waals surface area contributed by atoms with Crippen molar-refractivity contribution in [2.75, 3.05) is 0 Å². The van der Waals surface area contributed by atoms with Crippen LogP contribution in [0, 0.1) is 11.8 Å². The highest BCUT2D eigenvalue weighted by Gasteiger charge is 2.28. The number of allylic oxidation sites excluding steroid dienone is 2. The fourth-order valence-corrected chi connectivity index (χ4v) is 3.94. The molecule has 0 heterocycles. The van der Waals surface area contributed by atoms with E-state index in [4.69, 9.17) is 0 Å². The summed E-state index contributed by atoms with van der Waals surface area (Å²) in [5.41, 5.74) is 1.63. The smallest absolute Gasteiger partial charge is 0.127 e. The van der Waals surface area contributed by atoms with Crippen molar-refractivity contribution in [3.8, 4) is 0 Å². The Morgan fingerprint density at radius 2 is 1.86 bits per heavy atom. The Balaban J connectivity index is 2.09. The van der Waals surface area contributed by atoms with Gasteiger partial charge in [-0.15, -0.1) is 0 Å². The summed E-state index contributed by atoms with van der Waals surface area (Å²) in [6, 6.07) is 0. The molecule has 0 aromatic heterocycles. The van der Waals surface area contributed by atoms with Crippen LogP contribution in [0.5, 0.6) is 0 Å². The Hall–Kier alpha value is 0.140. The number of aldehydes is 1. The molecule has 2 rings (SSSR count). The fourth-order valence-electron chi connectivity index (χ4n) is 2.77. The molecule has 1 nitrogen and oxygen atoms in total. The number of rotatable bonds is 2. The molecule has 0 radical (unpaired) electrons. The van der Waals surface area contributed by atoms with Crippen LogP contribution in [0.2, 0.25) is 0 Å². The lowest BCUT2D eigenvalue weighted by molar-refractivity contribution is -0.109. The van der Waals surface area contributed by atoms with E-state index in [9.17, 15) is 4.79 Å². The van der Waals surface area contributed by atoms with E-state index >= 15 is 0 Å². The highest BCUT2D eigenvalue weighted by atomic mass is 127. The van der Waals surface area contributed by atoms with Gasteiger partial charge in [-0.1, -0.05) is 24.8 Å². The summed E-state index contributed by atoms with van der Waals surface area (Å²) in [7, 11) is 0. The molecule has 78 valence electrons. The first-order valence-electron chi connectivity index (χ1n) is 5.66. The van der Waals surface area contributed by atoms with Gasteiger partial charge in [0, 0.05) is 9.50 Å². The van der Waals surface area contributed by atoms with Crippen LogP contribution in [0.4, 0.5) is 0 Å². The minimum atomic E-state index is 0.243. The summed E-state index contributed by atoms with van der Waals surface area (Å²) in [5.74, 6) is 1.06. The highest BCUT2D eigenvalue weighted by molar-refractivity contribution is 14.1. The van der Waals surface area contributed by atoms with Crippen molar-refractivity contribution in [1.29, 1.82) is 0 Å². The normalized spacial score (nSPS) is 29.6. The summed E-state index contributed by atoms with van der Waals surface area (Å²) in [6.45, 7) is 0. The Morgan fingerprint density at radius 3 is 2.43 bits per heavy atom. The lowest BCUT2D eigenvalue weighted by atomic mass is 9.83. The predicted molar refractivity (Wildman–Crippen MR) is 66.4 cm³/mol. The molecule has 2 aliphatic carbocycles. The summed E-state index contributed by atoms with van der Waals surface area (Å²) >= 11 is 2.41.